The highest BCUT2D eigenvalue weighted by Gasteiger charge is 2.21. The van der Waals surface area contributed by atoms with E-state index >= 15 is 0 Å². The Kier molecular flexibility index (Phi) is 3.87. The van der Waals surface area contributed by atoms with E-state index in [0.717, 1.165) is 23.7 Å². The predicted octanol–water partition coefficient (Wildman–Crippen LogP) is 3.52. The first kappa shape index (κ1) is 13.6. The third kappa shape index (κ3) is 3.22. The molecular formula is C15H15N3O2S. The number of thiophene rings is 1. The van der Waals surface area contributed by atoms with Gasteiger partial charge in [-0.3, -0.25) is 10.1 Å². The van der Waals surface area contributed by atoms with Crippen LogP contribution < -0.4 is 15.5 Å². The molecule has 108 valence electrons. The first-order chi connectivity index (χ1) is 10.2. The van der Waals surface area contributed by atoms with Gasteiger partial charge in [-0.05, 0) is 42.1 Å². The van der Waals surface area contributed by atoms with Crippen molar-refractivity contribution in [1.29, 1.82) is 0 Å². The van der Waals surface area contributed by atoms with E-state index in [1.54, 1.807) is 11.0 Å². The lowest BCUT2D eigenvalue weighted by Crippen LogP contribution is -2.24. The Morgan fingerprint density at radius 2 is 2.10 bits per heavy atom. The minimum absolute atomic E-state index is 0.134. The monoisotopic (exact) mass is 301 g/mol. The van der Waals surface area contributed by atoms with Crippen LogP contribution in [0, 0.1) is 0 Å². The number of hydrogen-bond acceptors (Lipinski definition) is 3. The molecule has 0 radical (unpaired) electrons. The second-order valence-electron chi connectivity index (χ2n) is 4.76. The average molecular weight is 301 g/mol. The summed E-state index contributed by atoms with van der Waals surface area (Å²) in [5.74, 6) is 0.134. The molecule has 0 saturated carbocycles. The molecule has 0 spiro atoms. The van der Waals surface area contributed by atoms with Crippen LogP contribution in [0.1, 0.15) is 12.8 Å². The van der Waals surface area contributed by atoms with Crippen molar-refractivity contribution in [3.63, 3.8) is 0 Å². The third-order valence-corrected chi connectivity index (χ3v) is 4.03. The first-order valence-electron chi connectivity index (χ1n) is 6.74. The second-order valence-corrected chi connectivity index (χ2v) is 5.70. The zero-order valence-corrected chi connectivity index (χ0v) is 12.2. The normalized spacial score (nSPS) is 14.3. The fourth-order valence-electron chi connectivity index (χ4n) is 2.30. The smallest absolute Gasteiger partial charge is 0.312 e. The van der Waals surface area contributed by atoms with Crippen molar-refractivity contribution in [2.24, 2.45) is 0 Å². The summed E-state index contributed by atoms with van der Waals surface area (Å²) in [6.07, 6.45) is 1.48. The van der Waals surface area contributed by atoms with E-state index < -0.39 is 0 Å². The Labute approximate surface area is 126 Å². The number of carbonyl (C=O) groups excluding carboxylic acids is 2. The third-order valence-electron chi connectivity index (χ3n) is 3.25. The van der Waals surface area contributed by atoms with Crippen LogP contribution in [0.4, 0.5) is 21.2 Å². The lowest BCUT2D eigenvalue weighted by Gasteiger charge is -2.16. The molecule has 1 aromatic heterocycles. The summed E-state index contributed by atoms with van der Waals surface area (Å²) in [6.45, 7) is 0.740. The molecular weight excluding hydrogens is 286 g/mol. The second kappa shape index (κ2) is 5.97. The summed E-state index contributed by atoms with van der Waals surface area (Å²) in [4.78, 5) is 25.4. The Bertz CT molecular complexity index is 655. The van der Waals surface area contributed by atoms with Crippen molar-refractivity contribution in [3.8, 4) is 0 Å². The predicted molar refractivity (Wildman–Crippen MR) is 85.0 cm³/mol. The molecule has 21 heavy (non-hydrogen) atoms. The van der Waals surface area contributed by atoms with Gasteiger partial charge in [0.15, 0.2) is 0 Å². The van der Waals surface area contributed by atoms with E-state index in [2.05, 4.69) is 10.6 Å². The summed E-state index contributed by atoms with van der Waals surface area (Å²) in [5.41, 5.74) is 1.49. The number of hydrogen-bond donors (Lipinski definition) is 2. The Balaban J connectivity index is 1.68. The summed E-state index contributed by atoms with van der Waals surface area (Å²) in [6, 6.07) is 10.8. The number of anilines is 3. The largest absolute Gasteiger partial charge is 0.324 e. The minimum atomic E-state index is -0.289. The van der Waals surface area contributed by atoms with Gasteiger partial charge in [0.1, 0.15) is 0 Å². The standard InChI is InChI=1S/C15H15N3O2S/c19-14-7-2-8-18(14)12-5-1-4-11(10-12)16-15(20)17-13-6-3-9-21-13/h1,3-6,9-10H,2,7-8H2,(H2,16,17,20). The average Bonchev–Trinajstić information content (AvgIpc) is 3.10. The van der Waals surface area contributed by atoms with Gasteiger partial charge in [0.05, 0.1) is 5.00 Å². The highest BCUT2D eigenvalue weighted by Crippen LogP contribution is 2.24. The van der Waals surface area contributed by atoms with Gasteiger partial charge in [0.2, 0.25) is 5.91 Å². The molecule has 1 fully saturated rings. The van der Waals surface area contributed by atoms with Gasteiger partial charge in [-0.15, -0.1) is 11.3 Å². The van der Waals surface area contributed by atoms with Crippen LogP contribution >= 0.6 is 11.3 Å². The van der Waals surface area contributed by atoms with E-state index in [4.69, 9.17) is 0 Å². The number of amides is 3. The molecule has 1 saturated heterocycles. The highest BCUT2D eigenvalue weighted by atomic mass is 32.1. The van der Waals surface area contributed by atoms with Crippen LogP contribution in [0.3, 0.4) is 0 Å². The number of nitrogens with zero attached hydrogens (tertiary/aromatic N) is 1. The van der Waals surface area contributed by atoms with Crippen LogP contribution in [0.5, 0.6) is 0 Å². The van der Waals surface area contributed by atoms with Gasteiger partial charge >= 0.3 is 6.03 Å². The number of urea groups is 1. The molecule has 1 aromatic carbocycles. The zero-order valence-electron chi connectivity index (χ0n) is 11.3. The van der Waals surface area contributed by atoms with Crippen molar-refractivity contribution < 1.29 is 9.59 Å². The van der Waals surface area contributed by atoms with Gasteiger partial charge in [-0.1, -0.05) is 6.07 Å². The van der Waals surface area contributed by atoms with E-state index in [0.29, 0.717) is 12.1 Å². The molecule has 1 aliphatic heterocycles. The van der Waals surface area contributed by atoms with E-state index in [9.17, 15) is 9.59 Å². The van der Waals surface area contributed by atoms with Gasteiger partial charge in [-0.2, -0.15) is 0 Å². The molecule has 2 aromatic rings. The van der Waals surface area contributed by atoms with Gasteiger partial charge in [0.25, 0.3) is 0 Å². The Morgan fingerprint density at radius 1 is 1.19 bits per heavy atom. The lowest BCUT2D eigenvalue weighted by atomic mass is 10.2. The number of carbonyl (C=O) groups is 2. The quantitative estimate of drug-likeness (QED) is 0.911. The molecule has 0 bridgehead atoms. The summed E-state index contributed by atoms with van der Waals surface area (Å²) >= 11 is 1.46. The molecule has 2 N–H and O–H groups in total. The van der Waals surface area contributed by atoms with Gasteiger partial charge in [0, 0.05) is 24.3 Å². The van der Waals surface area contributed by atoms with Crippen molar-refractivity contribution >= 4 is 39.7 Å². The van der Waals surface area contributed by atoms with Crippen molar-refractivity contribution in [1.82, 2.24) is 0 Å². The summed E-state index contributed by atoms with van der Waals surface area (Å²) in [7, 11) is 0. The molecule has 1 aliphatic rings. The maximum absolute atomic E-state index is 11.9. The maximum Gasteiger partial charge on any atom is 0.324 e. The van der Waals surface area contributed by atoms with Crippen molar-refractivity contribution in [3.05, 3.63) is 41.8 Å². The van der Waals surface area contributed by atoms with Gasteiger partial charge in [-0.25, -0.2) is 4.79 Å². The SMILES string of the molecule is O=C(Nc1cccc(N2CCCC2=O)c1)Nc1cccs1. The van der Waals surface area contributed by atoms with E-state index in [1.165, 1.54) is 11.3 Å². The minimum Gasteiger partial charge on any atom is -0.312 e. The Hall–Kier alpha value is -2.34. The van der Waals surface area contributed by atoms with Crippen LogP contribution in [0.2, 0.25) is 0 Å². The summed E-state index contributed by atoms with van der Waals surface area (Å²) < 4.78 is 0. The first-order valence-corrected chi connectivity index (χ1v) is 7.62. The maximum atomic E-state index is 11.9. The Morgan fingerprint density at radius 3 is 2.81 bits per heavy atom. The van der Waals surface area contributed by atoms with Gasteiger partial charge < -0.3 is 10.2 Å². The van der Waals surface area contributed by atoms with E-state index in [1.807, 2.05) is 35.7 Å². The van der Waals surface area contributed by atoms with Crippen molar-refractivity contribution in [2.45, 2.75) is 12.8 Å². The molecule has 5 nitrogen and oxygen atoms in total. The number of rotatable bonds is 3. The molecule has 2 heterocycles. The molecule has 3 rings (SSSR count). The topological polar surface area (TPSA) is 61.4 Å². The summed E-state index contributed by atoms with van der Waals surface area (Å²) in [5, 5.41) is 8.22. The van der Waals surface area contributed by atoms with Crippen LogP contribution in [-0.2, 0) is 4.79 Å². The number of nitrogens with one attached hydrogen (secondary N) is 2. The van der Waals surface area contributed by atoms with Crippen molar-refractivity contribution in [2.75, 3.05) is 22.1 Å². The van der Waals surface area contributed by atoms with E-state index in [-0.39, 0.29) is 11.9 Å². The zero-order chi connectivity index (χ0) is 14.7. The lowest BCUT2D eigenvalue weighted by molar-refractivity contribution is -0.117. The fraction of sp³-hybridized carbons (Fsp3) is 0.200. The number of benzene rings is 1. The molecule has 6 heteroatoms. The van der Waals surface area contributed by atoms with Crippen LogP contribution in [0.25, 0.3) is 0 Å². The molecule has 0 atom stereocenters. The molecule has 3 amide bonds. The molecule has 0 unspecified atom stereocenters. The fourth-order valence-corrected chi connectivity index (χ4v) is 2.91. The van der Waals surface area contributed by atoms with Crippen LogP contribution in [0.15, 0.2) is 41.8 Å². The highest BCUT2D eigenvalue weighted by molar-refractivity contribution is 7.14. The van der Waals surface area contributed by atoms with Crippen LogP contribution in [-0.4, -0.2) is 18.5 Å². The molecule has 0 aliphatic carbocycles.